The van der Waals surface area contributed by atoms with Crippen molar-refractivity contribution < 1.29 is 14.4 Å². The summed E-state index contributed by atoms with van der Waals surface area (Å²) in [7, 11) is 0. The molecule has 0 radical (unpaired) electrons. The number of nitriles is 1. The molecule has 18 heavy (non-hydrogen) atoms. The predicted molar refractivity (Wildman–Crippen MR) is 60.4 cm³/mol. The normalized spacial score (nSPS) is 21.4. The third-order valence-electron chi connectivity index (χ3n) is 2.59. The van der Waals surface area contributed by atoms with E-state index in [-0.39, 0.29) is 6.61 Å². The zero-order valence-corrected chi connectivity index (χ0v) is 9.42. The van der Waals surface area contributed by atoms with E-state index in [1.54, 1.807) is 0 Å². The molecule has 2 rings (SSSR count). The molecule has 0 bridgehead atoms. The number of benzene rings is 1. The van der Waals surface area contributed by atoms with Crippen molar-refractivity contribution in [3.63, 3.8) is 0 Å². The molecular weight excluding hydrogens is 234 g/mol. The fourth-order valence-electron chi connectivity index (χ4n) is 1.59. The Balaban J connectivity index is 1.79. The summed E-state index contributed by atoms with van der Waals surface area (Å²) in [5.74, 6) is -2.03. The van der Waals surface area contributed by atoms with Gasteiger partial charge in [0.25, 0.3) is 5.91 Å². The number of carbonyl (C=O) groups excluding carboxylic acids is 2. The van der Waals surface area contributed by atoms with Gasteiger partial charge in [0.15, 0.2) is 5.92 Å². The summed E-state index contributed by atoms with van der Waals surface area (Å²) in [6.07, 6.45) is 0. The first-order chi connectivity index (χ1) is 8.72. The minimum atomic E-state index is -0.981. The molecule has 1 saturated heterocycles. The molecule has 1 heterocycles. The van der Waals surface area contributed by atoms with Gasteiger partial charge in [-0.2, -0.15) is 5.26 Å². The van der Waals surface area contributed by atoms with Crippen molar-refractivity contribution in [2.45, 2.75) is 12.6 Å². The molecule has 1 aliphatic heterocycles. The molecule has 0 aromatic heterocycles. The van der Waals surface area contributed by atoms with Crippen LogP contribution in [0.1, 0.15) is 5.56 Å². The van der Waals surface area contributed by atoms with Gasteiger partial charge in [0, 0.05) is 0 Å². The Morgan fingerprint density at radius 2 is 2.17 bits per heavy atom. The molecule has 2 atom stereocenters. The molecule has 6 heteroatoms. The average molecular weight is 245 g/mol. The first kappa shape index (κ1) is 12.1. The van der Waals surface area contributed by atoms with E-state index in [1.165, 1.54) is 0 Å². The second-order valence-corrected chi connectivity index (χ2v) is 3.83. The van der Waals surface area contributed by atoms with Crippen molar-refractivity contribution in [1.82, 2.24) is 10.8 Å². The SMILES string of the molecule is N#C[C@H]1NC(=O)[C@H]1C(=O)NOCc1ccccc1. The molecule has 0 spiro atoms. The number of rotatable bonds is 4. The lowest BCUT2D eigenvalue weighted by molar-refractivity contribution is -0.150. The molecule has 0 aliphatic carbocycles. The monoisotopic (exact) mass is 245 g/mol. The summed E-state index contributed by atoms with van der Waals surface area (Å²) in [5.41, 5.74) is 3.07. The van der Waals surface area contributed by atoms with E-state index >= 15 is 0 Å². The average Bonchev–Trinajstić information content (AvgIpc) is 2.37. The quantitative estimate of drug-likeness (QED) is 0.439. The van der Waals surface area contributed by atoms with E-state index in [4.69, 9.17) is 10.1 Å². The topological polar surface area (TPSA) is 91.2 Å². The molecule has 1 aromatic carbocycles. The van der Waals surface area contributed by atoms with E-state index in [1.807, 2.05) is 36.4 Å². The van der Waals surface area contributed by atoms with Crippen molar-refractivity contribution >= 4 is 11.8 Å². The number of carbonyl (C=O) groups is 2. The molecule has 0 unspecified atom stereocenters. The summed E-state index contributed by atoms with van der Waals surface area (Å²) in [6.45, 7) is 0.206. The van der Waals surface area contributed by atoms with Gasteiger partial charge < -0.3 is 5.32 Å². The number of hydrogen-bond donors (Lipinski definition) is 2. The first-order valence-corrected chi connectivity index (χ1v) is 5.38. The number of nitrogens with one attached hydrogen (secondary N) is 2. The number of amides is 2. The largest absolute Gasteiger partial charge is 0.338 e. The van der Waals surface area contributed by atoms with Crippen LogP contribution in [0.25, 0.3) is 0 Å². The standard InChI is InChI=1S/C12H11N3O3/c13-6-9-10(11(16)14-9)12(17)15-18-7-8-4-2-1-3-5-8/h1-5,9-10H,7H2,(H,14,16)(H,15,17)/t9-,10+/m1/s1. The lowest BCUT2D eigenvalue weighted by Crippen LogP contribution is -2.62. The Kier molecular flexibility index (Phi) is 3.55. The maximum absolute atomic E-state index is 11.5. The maximum Gasteiger partial charge on any atom is 0.259 e. The predicted octanol–water partition coefficient (Wildman–Crippen LogP) is -0.127. The van der Waals surface area contributed by atoms with Crippen molar-refractivity contribution in [2.24, 2.45) is 5.92 Å². The van der Waals surface area contributed by atoms with E-state index < -0.39 is 23.8 Å². The molecule has 1 aliphatic rings. The number of β-lactam (4-membered cyclic amide) rings is 1. The van der Waals surface area contributed by atoms with Crippen LogP contribution in [0.3, 0.4) is 0 Å². The highest BCUT2D eigenvalue weighted by molar-refractivity contribution is 6.06. The lowest BCUT2D eigenvalue weighted by atomic mass is 9.91. The zero-order valence-electron chi connectivity index (χ0n) is 9.42. The van der Waals surface area contributed by atoms with Crippen LogP contribution in [-0.4, -0.2) is 17.9 Å². The highest BCUT2D eigenvalue weighted by Gasteiger charge is 2.45. The van der Waals surface area contributed by atoms with Crippen LogP contribution >= 0.6 is 0 Å². The summed E-state index contributed by atoms with van der Waals surface area (Å²) in [6, 6.07) is 10.3. The number of hydroxylamine groups is 1. The molecule has 1 aromatic rings. The number of nitrogens with zero attached hydrogens (tertiary/aromatic N) is 1. The molecule has 1 fully saturated rings. The molecule has 6 nitrogen and oxygen atoms in total. The molecule has 2 N–H and O–H groups in total. The van der Waals surface area contributed by atoms with Gasteiger partial charge in [-0.25, -0.2) is 5.48 Å². The number of hydrogen-bond acceptors (Lipinski definition) is 4. The van der Waals surface area contributed by atoms with Crippen LogP contribution in [0.5, 0.6) is 0 Å². The fourth-order valence-corrected chi connectivity index (χ4v) is 1.59. The Hall–Kier alpha value is -2.39. The second kappa shape index (κ2) is 5.29. The van der Waals surface area contributed by atoms with E-state index in [9.17, 15) is 9.59 Å². The summed E-state index contributed by atoms with van der Waals surface area (Å²) in [5, 5.41) is 11.0. The van der Waals surface area contributed by atoms with Crippen molar-refractivity contribution in [2.75, 3.05) is 0 Å². The Bertz CT molecular complexity index is 495. The van der Waals surface area contributed by atoms with Crippen LogP contribution in [0.15, 0.2) is 30.3 Å². The van der Waals surface area contributed by atoms with Crippen LogP contribution in [0.2, 0.25) is 0 Å². The van der Waals surface area contributed by atoms with E-state index in [0.29, 0.717) is 0 Å². The third kappa shape index (κ3) is 2.47. The maximum atomic E-state index is 11.5. The Labute approximate surface area is 103 Å². The lowest BCUT2D eigenvalue weighted by Gasteiger charge is -2.29. The second-order valence-electron chi connectivity index (χ2n) is 3.83. The molecular formula is C12H11N3O3. The summed E-state index contributed by atoms with van der Waals surface area (Å²) < 4.78 is 0. The first-order valence-electron chi connectivity index (χ1n) is 5.38. The summed E-state index contributed by atoms with van der Waals surface area (Å²) in [4.78, 5) is 27.6. The van der Waals surface area contributed by atoms with Crippen LogP contribution in [-0.2, 0) is 21.0 Å². The van der Waals surface area contributed by atoms with Crippen LogP contribution in [0, 0.1) is 17.2 Å². The van der Waals surface area contributed by atoms with Crippen LogP contribution < -0.4 is 10.8 Å². The van der Waals surface area contributed by atoms with Gasteiger partial charge in [-0.3, -0.25) is 14.4 Å². The van der Waals surface area contributed by atoms with Gasteiger partial charge in [-0.15, -0.1) is 0 Å². The highest BCUT2D eigenvalue weighted by atomic mass is 16.6. The Morgan fingerprint density at radius 1 is 1.44 bits per heavy atom. The van der Waals surface area contributed by atoms with Gasteiger partial charge in [0.1, 0.15) is 6.04 Å². The van der Waals surface area contributed by atoms with Gasteiger partial charge in [-0.05, 0) is 5.56 Å². The zero-order chi connectivity index (χ0) is 13.0. The fraction of sp³-hybridized carbons (Fsp3) is 0.250. The molecule has 92 valence electrons. The molecule has 0 saturated carbocycles. The van der Waals surface area contributed by atoms with E-state index in [2.05, 4.69) is 10.8 Å². The minimum Gasteiger partial charge on any atom is -0.338 e. The third-order valence-corrected chi connectivity index (χ3v) is 2.59. The van der Waals surface area contributed by atoms with Crippen LogP contribution in [0.4, 0.5) is 0 Å². The highest BCUT2D eigenvalue weighted by Crippen LogP contribution is 2.14. The molecule has 2 amide bonds. The van der Waals surface area contributed by atoms with Gasteiger partial charge in [0.05, 0.1) is 12.7 Å². The summed E-state index contributed by atoms with van der Waals surface area (Å²) >= 11 is 0. The van der Waals surface area contributed by atoms with Gasteiger partial charge in [0.2, 0.25) is 5.91 Å². The van der Waals surface area contributed by atoms with Crippen molar-refractivity contribution in [1.29, 1.82) is 5.26 Å². The smallest absolute Gasteiger partial charge is 0.259 e. The van der Waals surface area contributed by atoms with Crippen molar-refractivity contribution in [3.05, 3.63) is 35.9 Å². The Morgan fingerprint density at radius 3 is 2.78 bits per heavy atom. The van der Waals surface area contributed by atoms with Crippen molar-refractivity contribution in [3.8, 4) is 6.07 Å². The van der Waals surface area contributed by atoms with E-state index in [0.717, 1.165) is 5.56 Å². The van der Waals surface area contributed by atoms with Gasteiger partial charge in [-0.1, -0.05) is 30.3 Å². The van der Waals surface area contributed by atoms with Gasteiger partial charge >= 0.3 is 0 Å². The minimum absolute atomic E-state index is 0.206.